The van der Waals surface area contributed by atoms with Gasteiger partial charge in [0.1, 0.15) is 0 Å². The van der Waals surface area contributed by atoms with E-state index in [-0.39, 0.29) is 5.41 Å². The summed E-state index contributed by atoms with van der Waals surface area (Å²) in [6, 6.07) is 7.96. The SMILES string of the molecule is CC(C)C1(c2nc(-c3cccc(Br)c3)no2)CCNC1. The van der Waals surface area contributed by atoms with Gasteiger partial charge in [0.2, 0.25) is 11.7 Å². The molecule has 0 saturated carbocycles. The second kappa shape index (κ2) is 5.30. The molecule has 0 radical (unpaired) electrons. The molecule has 2 heterocycles. The molecule has 1 saturated heterocycles. The molecule has 1 aromatic heterocycles. The molecule has 4 nitrogen and oxygen atoms in total. The summed E-state index contributed by atoms with van der Waals surface area (Å²) in [6.07, 6.45) is 1.05. The van der Waals surface area contributed by atoms with Crippen LogP contribution in [0.25, 0.3) is 11.4 Å². The molecule has 1 fully saturated rings. The minimum Gasteiger partial charge on any atom is -0.338 e. The van der Waals surface area contributed by atoms with Crippen molar-refractivity contribution < 1.29 is 4.52 Å². The van der Waals surface area contributed by atoms with Gasteiger partial charge in [0.25, 0.3) is 0 Å². The molecular weight excluding hydrogens is 318 g/mol. The van der Waals surface area contributed by atoms with Gasteiger partial charge < -0.3 is 9.84 Å². The first-order valence-corrected chi connectivity index (χ1v) is 7.72. The van der Waals surface area contributed by atoms with Crippen LogP contribution in [0.1, 0.15) is 26.2 Å². The maximum atomic E-state index is 5.59. The zero-order valence-corrected chi connectivity index (χ0v) is 13.3. The molecule has 0 bridgehead atoms. The van der Waals surface area contributed by atoms with E-state index in [0.717, 1.165) is 35.4 Å². The Kier molecular flexibility index (Phi) is 3.65. The maximum absolute atomic E-state index is 5.59. The molecule has 0 spiro atoms. The lowest BCUT2D eigenvalue weighted by atomic mass is 9.76. The average molecular weight is 336 g/mol. The van der Waals surface area contributed by atoms with Crippen molar-refractivity contribution >= 4 is 15.9 Å². The van der Waals surface area contributed by atoms with Crippen molar-refractivity contribution in [1.82, 2.24) is 15.5 Å². The smallest absolute Gasteiger partial charge is 0.234 e. The minimum absolute atomic E-state index is 0.0305. The molecule has 1 unspecified atom stereocenters. The van der Waals surface area contributed by atoms with Gasteiger partial charge in [-0.3, -0.25) is 0 Å². The Bertz CT molecular complexity index is 603. The van der Waals surface area contributed by atoms with Gasteiger partial charge in [-0.15, -0.1) is 0 Å². The molecule has 1 N–H and O–H groups in total. The van der Waals surface area contributed by atoms with Crippen molar-refractivity contribution in [2.75, 3.05) is 13.1 Å². The van der Waals surface area contributed by atoms with Crippen LogP contribution < -0.4 is 5.32 Å². The fourth-order valence-electron chi connectivity index (χ4n) is 2.80. The van der Waals surface area contributed by atoms with Crippen molar-refractivity contribution in [3.63, 3.8) is 0 Å². The van der Waals surface area contributed by atoms with Crippen LogP contribution in [-0.4, -0.2) is 23.2 Å². The standard InChI is InChI=1S/C15H18BrN3O/c1-10(2)15(6-7-17-9-15)14-18-13(19-20-14)11-4-3-5-12(16)8-11/h3-5,8,10,17H,6-7,9H2,1-2H3. The molecule has 2 aromatic rings. The predicted molar refractivity (Wildman–Crippen MR) is 81.4 cm³/mol. The summed E-state index contributed by atoms with van der Waals surface area (Å²) in [6.45, 7) is 6.35. The lowest BCUT2D eigenvalue weighted by Gasteiger charge is -2.27. The van der Waals surface area contributed by atoms with E-state index in [0.29, 0.717) is 11.7 Å². The summed E-state index contributed by atoms with van der Waals surface area (Å²) in [5, 5.41) is 7.58. The number of benzene rings is 1. The van der Waals surface area contributed by atoms with Crippen LogP contribution in [0.3, 0.4) is 0 Å². The second-order valence-electron chi connectivity index (χ2n) is 5.67. The van der Waals surface area contributed by atoms with Crippen molar-refractivity contribution in [3.05, 3.63) is 34.6 Å². The molecule has 20 heavy (non-hydrogen) atoms. The third-order valence-electron chi connectivity index (χ3n) is 4.23. The monoisotopic (exact) mass is 335 g/mol. The fourth-order valence-corrected chi connectivity index (χ4v) is 3.20. The topological polar surface area (TPSA) is 51.0 Å². The van der Waals surface area contributed by atoms with Crippen LogP contribution in [0.5, 0.6) is 0 Å². The lowest BCUT2D eigenvalue weighted by Crippen LogP contribution is -2.35. The summed E-state index contributed by atoms with van der Waals surface area (Å²) in [7, 11) is 0. The van der Waals surface area contributed by atoms with Crippen LogP contribution in [0.4, 0.5) is 0 Å². The van der Waals surface area contributed by atoms with Gasteiger partial charge in [-0.05, 0) is 31.0 Å². The number of hydrogen-bond acceptors (Lipinski definition) is 4. The van der Waals surface area contributed by atoms with E-state index < -0.39 is 0 Å². The van der Waals surface area contributed by atoms with Crippen LogP contribution in [-0.2, 0) is 5.41 Å². The summed E-state index contributed by atoms with van der Waals surface area (Å²) < 4.78 is 6.61. The Morgan fingerprint density at radius 1 is 1.40 bits per heavy atom. The van der Waals surface area contributed by atoms with Gasteiger partial charge in [0.05, 0.1) is 5.41 Å². The van der Waals surface area contributed by atoms with E-state index in [4.69, 9.17) is 4.52 Å². The Labute approximate surface area is 127 Å². The van der Waals surface area contributed by atoms with E-state index >= 15 is 0 Å². The summed E-state index contributed by atoms with van der Waals surface area (Å²) in [4.78, 5) is 4.66. The van der Waals surface area contributed by atoms with Crippen LogP contribution in [0.2, 0.25) is 0 Å². The molecule has 1 aromatic carbocycles. The lowest BCUT2D eigenvalue weighted by molar-refractivity contribution is 0.234. The van der Waals surface area contributed by atoms with Gasteiger partial charge in [0.15, 0.2) is 0 Å². The third-order valence-corrected chi connectivity index (χ3v) is 4.72. The molecule has 1 aliphatic heterocycles. The Morgan fingerprint density at radius 3 is 2.90 bits per heavy atom. The van der Waals surface area contributed by atoms with Crippen molar-refractivity contribution in [3.8, 4) is 11.4 Å². The number of nitrogens with one attached hydrogen (secondary N) is 1. The van der Waals surface area contributed by atoms with E-state index in [1.807, 2.05) is 24.3 Å². The largest absolute Gasteiger partial charge is 0.338 e. The first-order chi connectivity index (χ1) is 9.62. The van der Waals surface area contributed by atoms with Crippen molar-refractivity contribution in [2.24, 2.45) is 5.92 Å². The van der Waals surface area contributed by atoms with Gasteiger partial charge >= 0.3 is 0 Å². The van der Waals surface area contributed by atoms with Crippen molar-refractivity contribution in [1.29, 1.82) is 0 Å². The summed E-state index contributed by atoms with van der Waals surface area (Å²) in [5.74, 6) is 1.88. The molecule has 5 heteroatoms. The second-order valence-corrected chi connectivity index (χ2v) is 6.59. The number of hydrogen-bond donors (Lipinski definition) is 1. The van der Waals surface area contributed by atoms with E-state index in [1.165, 1.54) is 0 Å². The molecule has 1 atom stereocenters. The summed E-state index contributed by atoms with van der Waals surface area (Å²) in [5.41, 5.74) is 0.941. The molecule has 1 aliphatic rings. The minimum atomic E-state index is -0.0305. The first-order valence-electron chi connectivity index (χ1n) is 6.93. The van der Waals surface area contributed by atoms with Gasteiger partial charge in [-0.1, -0.05) is 47.1 Å². The third kappa shape index (κ3) is 2.29. The van der Waals surface area contributed by atoms with Gasteiger partial charge in [-0.2, -0.15) is 4.98 Å². The quantitative estimate of drug-likeness (QED) is 0.934. The Balaban J connectivity index is 1.97. The maximum Gasteiger partial charge on any atom is 0.234 e. The van der Waals surface area contributed by atoms with Gasteiger partial charge in [-0.25, -0.2) is 0 Å². The average Bonchev–Trinajstić information content (AvgIpc) is 3.08. The molecule has 3 rings (SSSR count). The highest BCUT2D eigenvalue weighted by atomic mass is 79.9. The molecular formula is C15H18BrN3O. The number of aromatic nitrogens is 2. The zero-order valence-electron chi connectivity index (χ0n) is 11.7. The van der Waals surface area contributed by atoms with Crippen LogP contribution in [0.15, 0.2) is 33.3 Å². The number of halogens is 1. The highest BCUT2D eigenvalue weighted by molar-refractivity contribution is 9.10. The Morgan fingerprint density at radius 2 is 2.25 bits per heavy atom. The van der Waals surface area contributed by atoms with Gasteiger partial charge in [0, 0.05) is 16.6 Å². The fraction of sp³-hybridized carbons (Fsp3) is 0.467. The van der Waals surface area contributed by atoms with Crippen molar-refractivity contribution in [2.45, 2.75) is 25.7 Å². The van der Waals surface area contributed by atoms with E-state index in [2.05, 4.69) is 45.2 Å². The van der Waals surface area contributed by atoms with Crippen LogP contribution in [0, 0.1) is 5.92 Å². The molecule has 0 aliphatic carbocycles. The number of rotatable bonds is 3. The first kappa shape index (κ1) is 13.8. The molecule has 106 valence electrons. The highest BCUT2D eigenvalue weighted by Crippen LogP contribution is 2.37. The molecule has 0 amide bonds. The number of nitrogens with zero attached hydrogens (tertiary/aromatic N) is 2. The normalized spacial score (nSPS) is 22.6. The highest BCUT2D eigenvalue weighted by Gasteiger charge is 2.43. The van der Waals surface area contributed by atoms with E-state index in [9.17, 15) is 0 Å². The summed E-state index contributed by atoms with van der Waals surface area (Å²) >= 11 is 3.47. The van der Waals surface area contributed by atoms with E-state index in [1.54, 1.807) is 0 Å². The Hall–Kier alpha value is -1.20. The zero-order chi connectivity index (χ0) is 14.2. The predicted octanol–water partition coefficient (Wildman–Crippen LogP) is 3.39. The van der Waals surface area contributed by atoms with Crippen LogP contribution >= 0.6 is 15.9 Å².